The number of nitrogens with one attached hydrogen (secondary N) is 1. The molecule has 3 aliphatic rings. The van der Waals surface area contributed by atoms with Crippen molar-refractivity contribution in [2.75, 3.05) is 39.3 Å². The molecule has 3 saturated heterocycles. The van der Waals surface area contributed by atoms with E-state index in [2.05, 4.69) is 15.2 Å². The predicted molar refractivity (Wildman–Crippen MR) is 105 cm³/mol. The van der Waals surface area contributed by atoms with E-state index < -0.39 is 26.7 Å². The summed E-state index contributed by atoms with van der Waals surface area (Å²) in [5, 5.41) is 6.67. The van der Waals surface area contributed by atoms with E-state index in [0.717, 1.165) is 28.7 Å². The lowest BCUT2D eigenvalue weighted by Crippen LogP contribution is -2.74. The number of likely N-dealkylation sites (tertiary alicyclic amines) is 2. The van der Waals surface area contributed by atoms with E-state index in [4.69, 9.17) is 0 Å². The summed E-state index contributed by atoms with van der Waals surface area (Å²) in [6.45, 7) is 2.12. The van der Waals surface area contributed by atoms with E-state index in [-0.39, 0.29) is 30.5 Å². The fraction of sp³-hybridized carbons (Fsp3) is 0.526. The highest BCUT2D eigenvalue weighted by Crippen LogP contribution is 2.44. The summed E-state index contributed by atoms with van der Waals surface area (Å²) >= 11 is 0. The number of carbonyl (C=O) groups is 1. The van der Waals surface area contributed by atoms with Crippen LogP contribution in [0.15, 0.2) is 35.5 Å². The molecule has 9 nitrogen and oxygen atoms in total. The highest BCUT2D eigenvalue weighted by Gasteiger charge is 2.57. The monoisotopic (exact) mass is 470 g/mol. The lowest BCUT2D eigenvalue weighted by atomic mass is 9.74. The number of carbonyl (C=O) groups excluding carboxylic acids is 1. The zero-order valence-corrected chi connectivity index (χ0v) is 17.7. The fourth-order valence-corrected chi connectivity index (χ4v) is 6.68. The van der Waals surface area contributed by atoms with Crippen LogP contribution in [0.5, 0.6) is 0 Å². The minimum Gasteiger partial charge on any atom is -0.324 e. The van der Waals surface area contributed by atoms with Gasteiger partial charge in [-0.3, -0.25) is 5.10 Å². The summed E-state index contributed by atoms with van der Waals surface area (Å²) in [4.78, 5) is 19.6. The summed E-state index contributed by atoms with van der Waals surface area (Å²) in [6, 6.07) is 4.09. The van der Waals surface area contributed by atoms with Gasteiger partial charge in [-0.1, -0.05) is 12.1 Å². The summed E-state index contributed by atoms with van der Waals surface area (Å²) in [5.41, 5.74) is -1.55. The SMILES string of the molecule is O=C(N1CC[C@H](c2ncn[nH]2)C1)N1CC2(C1)CN(S(=O)(=O)c1ccccc1C(F)(F)F)C2. The number of nitrogens with zero attached hydrogens (tertiary/aromatic N) is 5. The van der Waals surface area contributed by atoms with E-state index in [0.29, 0.717) is 26.2 Å². The van der Waals surface area contributed by atoms with Gasteiger partial charge in [0.2, 0.25) is 10.0 Å². The number of alkyl halides is 3. The summed E-state index contributed by atoms with van der Waals surface area (Å²) in [5.74, 6) is 0.856. The number of aromatic amines is 1. The van der Waals surface area contributed by atoms with Crippen molar-refractivity contribution in [1.29, 1.82) is 0 Å². The third-order valence-corrected chi connectivity index (χ3v) is 8.29. The summed E-state index contributed by atoms with van der Waals surface area (Å²) in [6.07, 6.45) is -2.54. The molecule has 3 aliphatic heterocycles. The van der Waals surface area contributed by atoms with Gasteiger partial charge < -0.3 is 9.80 Å². The molecule has 0 radical (unpaired) electrons. The standard InChI is InChI=1S/C19H21F3N6O3S/c20-19(21,22)14-3-1-2-4-15(14)32(30,31)28-10-18(11-28)8-27(9-18)17(29)26-6-5-13(7-26)16-23-12-24-25-16/h1-4,12-13H,5-11H2,(H,23,24,25)/t13-/m0/s1. The molecule has 1 spiro atoms. The van der Waals surface area contributed by atoms with E-state index in [1.807, 2.05) is 0 Å². The average molecular weight is 470 g/mol. The van der Waals surface area contributed by atoms with Crippen LogP contribution in [0.3, 0.4) is 0 Å². The first-order valence-corrected chi connectivity index (χ1v) is 11.6. The second-order valence-electron chi connectivity index (χ2n) is 8.71. The number of urea groups is 1. The van der Waals surface area contributed by atoms with E-state index in [9.17, 15) is 26.4 Å². The maximum absolute atomic E-state index is 13.3. The van der Waals surface area contributed by atoms with Crippen LogP contribution >= 0.6 is 0 Å². The Morgan fingerprint density at radius 2 is 1.84 bits per heavy atom. The lowest BCUT2D eigenvalue weighted by Gasteiger charge is -2.59. The molecule has 3 fully saturated rings. The van der Waals surface area contributed by atoms with Crippen molar-refractivity contribution in [3.05, 3.63) is 42.0 Å². The van der Waals surface area contributed by atoms with Gasteiger partial charge in [0.1, 0.15) is 12.2 Å². The minimum absolute atomic E-state index is 0.103. The molecule has 32 heavy (non-hydrogen) atoms. The summed E-state index contributed by atoms with van der Waals surface area (Å²) < 4.78 is 66.5. The number of hydrogen-bond acceptors (Lipinski definition) is 5. The van der Waals surface area contributed by atoms with Gasteiger partial charge in [0, 0.05) is 50.6 Å². The van der Waals surface area contributed by atoms with Crippen LogP contribution in [0.2, 0.25) is 0 Å². The molecule has 5 rings (SSSR count). The van der Waals surface area contributed by atoms with Crippen LogP contribution in [-0.4, -0.2) is 83.0 Å². The van der Waals surface area contributed by atoms with Crippen molar-refractivity contribution in [2.45, 2.75) is 23.4 Å². The number of halogens is 3. The summed E-state index contributed by atoms with van der Waals surface area (Å²) in [7, 11) is -4.27. The smallest absolute Gasteiger partial charge is 0.324 e. The molecular formula is C19H21F3N6O3S. The Hall–Kier alpha value is -2.67. The number of benzene rings is 1. The van der Waals surface area contributed by atoms with Gasteiger partial charge in [0.15, 0.2) is 0 Å². The number of sulfonamides is 1. The van der Waals surface area contributed by atoms with Gasteiger partial charge >= 0.3 is 12.2 Å². The predicted octanol–water partition coefficient (Wildman–Crippen LogP) is 1.74. The molecule has 1 aromatic carbocycles. The number of hydrogen-bond donors (Lipinski definition) is 1. The largest absolute Gasteiger partial charge is 0.417 e. The topological polar surface area (TPSA) is 102 Å². The molecule has 1 atom stereocenters. The third kappa shape index (κ3) is 3.43. The zero-order valence-electron chi connectivity index (χ0n) is 16.9. The molecule has 2 amide bonds. The maximum Gasteiger partial charge on any atom is 0.417 e. The molecule has 0 bridgehead atoms. The third-order valence-electron chi connectivity index (χ3n) is 6.44. The second kappa shape index (κ2) is 7.17. The first-order valence-electron chi connectivity index (χ1n) is 10.1. The van der Waals surface area contributed by atoms with E-state index in [1.54, 1.807) is 9.80 Å². The van der Waals surface area contributed by atoms with Crippen molar-refractivity contribution in [3.8, 4) is 0 Å². The molecule has 0 saturated carbocycles. The zero-order chi connectivity index (χ0) is 22.7. The van der Waals surface area contributed by atoms with Crippen molar-refractivity contribution < 1.29 is 26.4 Å². The lowest BCUT2D eigenvalue weighted by molar-refractivity contribution is -0.140. The quantitative estimate of drug-likeness (QED) is 0.736. The van der Waals surface area contributed by atoms with E-state index >= 15 is 0 Å². The second-order valence-corrected chi connectivity index (χ2v) is 10.6. The molecule has 4 heterocycles. The Labute approximate surface area is 182 Å². The van der Waals surface area contributed by atoms with Gasteiger partial charge in [-0.15, -0.1) is 0 Å². The first kappa shape index (κ1) is 21.2. The van der Waals surface area contributed by atoms with Crippen molar-refractivity contribution in [1.82, 2.24) is 29.3 Å². The Morgan fingerprint density at radius 1 is 1.12 bits per heavy atom. The van der Waals surface area contributed by atoms with E-state index in [1.165, 1.54) is 18.5 Å². The van der Waals surface area contributed by atoms with Crippen molar-refractivity contribution >= 4 is 16.1 Å². The molecule has 1 N–H and O–H groups in total. The van der Waals surface area contributed by atoms with Gasteiger partial charge in [-0.2, -0.15) is 22.6 Å². The molecule has 0 aliphatic carbocycles. The minimum atomic E-state index is -4.76. The number of aromatic nitrogens is 3. The highest BCUT2D eigenvalue weighted by atomic mass is 32.2. The fourth-order valence-electron chi connectivity index (χ4n) is 4.80. The number of amides is 2. The van der Waals surface area contributed by atoms with Crippen LogP contribution in [0.1, 0.15) is 23.7 Å². The van der Waals surface area contributed by atoms with Crippen LogP contribution in [0, 0.1) is 5.41 Å². The average Bonchev–Trinajstić information content (AvgIpc) is 3.36. The Morgan fingerprint density at radius 3 is 2.50 bits per heavy atom. The van der Waals surface area contributed by atoms with Crippen LogP contribution in [0.25, 0.3) is 0 Å². The molecule has 172 valence electrons. The van der Waals surface area contributed by atoms with Crippen molar-refractivity contribution in [2.24, 2.45) is 5.41 Å². The molecular weight excluding hydrogens is 449 g/mol. The van der Waals surface area contributed by atoms with Crippen LogP contribution < -0.4 is 0 Å². The Bertz CT molecular complexity index is 1120. The maximum atomic E-state index is 13.3. The normalized spacial score (nSPS) is 23.3. The van der Waals surface area contributed by atoms with Gasteiger partial charge in [-0.05, 0) is 18.6 Å². The van der Waals surface area contributed by atoms with Gasteiger partial charge in [0.05, 0.1) is 10.5 Å². The van der Waals surface area contributed by atoms with Crippen molar-refractivity contribution in [3.63, 3.8) is 0 Å². The Balaban J connectivity index is 1.19. The molecule has 0 unspecified atom stereocenters. The van der Waals surface area contributed by atoms with Gasteiger partial charge in [-0.25, -0.2) is 18.2 Å². The number of rotatable bonds is 3. The molecule has 1 aromatic heterocycles. The number of H-pyrrole nitrogens is 1. The van der Waals surface area contributed by atoms with Crippen LogP contribution in [-0.2, 0) is 16.2 Å². The van der Waals surface area contributed by atoms with Gasteiger partial charge in [0.25, 0.3) is 0 Å². The molecule has 2 aromatic rings. The Kier molecular flexibility index (Phi) is 4.75. The first-order chi connectivity index (χ1) is 15.1. The molecule has 13 heteroatoms. The van der Waals surface area contributed by atoms with Crippen LogP contribution in [0.4, 0.5) is 18.0 Å². The highest BCUT2D eigenvalue weighted by molar-refractivity contribution is 7.89.